The van der Waals surface area contributed by atoms with E-state index in [1.165, 1.54) is 6.92 Å². The zero-order valence-corrected chi connectivity index (χ0v) is 17.1. The molecule has 6 heteroatoms. The van der Waals surface area contributed by atoms with E-state index in [0.717, 1.165) is 28.1 Å². The highest BCUT2D eigenvalue weighted by atomic mass is 16.2. The molecule has 1 aromatic heterocycles. The van der Waals surface area contributed by atoms with E-state index in [1.807, 2.05) is 62.4 Å². The van der Waals surface area contributed by atoms with Crippen LogP contribution in [0.2, 0.25) is 0 Å². The average Bonchev–Trinajstić information content (AvgIpc) is 3.05. The van der Waals surface area contributed by atoms with E-state index < -0.39 is 0 Å². The summed E-state index contributed by atoms with van der Waals surface area (Å²) < 4.78 is 2.06. The molecule has 3 aromatic carbocycles. The first kappa shape index (κ1) is 19.4. The Balaban J connectivity index is 1.67. The fraction of sp³-hybridized carbons (Fsp3) is 0.125. The van der Waals surface area contributed by atoms with Crippen molar-refractivity contribution >= 4 is 34.2 Å². The maximum absolute atomic E-state index is 12.9. The number of aryl methyl sites for hydroxylation is 2. The summed E-state index contributed by atoms with van der Waals surface area (Å²) in [6, 6.07) is 20.9. The number of imidazole rings is 1. The molecule has 30 heavy (non-hydrogen) atoms. The van der Waals surface area contributed by atoms with Gasteiger partial charge in [-0.2, -0.15) is 0 Å². The Labute approximate surface area is 174 Å². The Morgan fingerprint density at radius 3 is 2.37 bits per heavy atom. The van der Waals surface area contributed by atoms with Crippen molar-refractivity contribution in [2.45, 2.75) is 20.8 Å². The van der Waals surface area contributed by atoms with Gasteiger partial charge in [0.05, 0.1) is 22.4 Å². The molecule has 0 spiro atoms. The number of hydrogen-bond donors (Lipinski definition) is 2. The average molecular weight is 398 g/mol. The molecule has 2 N–H and O–H groups in total. The van der Waals surface area contributed by atoms with Crippen LogP contribution in [0.15, 0.2) is 66.7 Å². The van der Waals surface area contributed by atoms with Crippen molar-refractivity contribution in [2.75, 3.05) is 10.6 Å². The summed E-state index contributed by atoms with van der Waals surface area (Å²) in [4.78, 5) is 29.0. The molecule has 150 valence electrons. The first-order valence-corrected chi connectivity index (χ1v) is 9.66. The molecular weight excluding hydrogens is 376 g/mol. The van der Waals surface area contributed by atoms with E-state index in [4.69, 9.17) is 0 Å². The third-order valence-corrected chi connectivity index (χ3v) is 4.83. The minimum Gasteiger partial charge on any atom is -0.325 e. The zero-order valence-electron chi connectivity index (χ0n) is 17.1. The summed E-state index contributed by atoms with van der Waals surface area (Å²) in [5, 5.41) is 5.65. The van der Waals surface area contributed by atoms with Gasteiger partial charge in [-0.3, -0.25) is 14.2 Å². The van der Waals surface area contributed by atoms with Crippen LogP contribution in [-0.4, -0.2) is 21.4 Å². The molecule has 1 heterocycles. The number of para-hydroxylation sites is 1. The predicted molar refractivity (Wildman–Crippen MR) is 119 cm³/mol. The lowest BCUT2D eigenvalue weighted by Crippen LogP contribution is -2.15. The van der Waals surface area contributed by atoms with Crippen molar-refractivity contribution in [1.29, 1.82) is 0 Å². The molecule has 0 bridgehead atoms. The van der Waals surface area contributed by atoms with E-state index >= 15 is 0 Å². The smallest absolute Gasteiger partial charge is 0.255 e. The van der Waals surface area contributed by atoms with Crippen molar-refractivity contribution in [1.82, 2.24) is 9.55 Å². The van der Waals surface area contributed by atoms with Crippen LogP contribution in [0.4, 0.5) is 11.4 Å². The van der Waals surface area contributed by atoms with Crippen molar-refractivity contribution < 1.29 is 9.59 Å². The molecule has 0 fully saturated rings. The van der Waals surface area contributed by atoms with Crippen LogP contribution in [0.5, 0.6) is 0 Å². The van der Waals surface area contributed by atoms with Crippen molar-refractivity contribution in [3.05, 3.63) is 83.7 Å². The number of aromatic nitrogens is 2. The number of anilines is 2. The first-order chi connectivity index (χ1) is 14.4. The lowest BCUT2D eigenvalue weighted by atomic mass is 10.1. The van der Waals surface area contributed by atoms with Gasteiger partial charge in [-0.1, -0.05) is 24.3 Å². The number of fused-ring (bicyclic) bond motifs is 1. The Morgan fingerprint density at radius 1 is 0.867 bits per heavy atom. The molecule has 0 saturated carbocycles. The van der Waals surface area contributed by atoms with Gasteiger partial charge < -0.3 is 10.6 Å². The maximum Gasteiger partial charge on any atom is 0.255 e. The second kappa shape index (κ2) is 7.83. The standard InChI is InChI=1S/C24H22N4O2/c1-15-9-11-20(26-17(3)29)21(13-15)27-24(30)18-10-12-23-22(14-18)25-16(2)28(23)19-7-5-4-6-8-19/h4-14H,1-3H3,(H,26,29)(H,27,30). The zero-order chi connectivity index (χ0) is 21.3. The fourth-order valence-corrected chi connectivity index (χ4v) is 3.50. The van der Waals surface area contributed by atoms with Crippen LogP contribution in [0.3, 0.4) is 0 Å². The number of hydrogen-bond acceptors (Lipinski definition) is 3. The molecule has 4 rings (SSSR count). The Bertz CT molecular complexity index is 1260. The van der Waals surface area contributed by atoms with Crippen LogP contribution >= 0.6 is 0 Å². The Hall–Kier alpha value is -3.93. The second-order valence-corrected chi connectivity index (χ2v) is 7.22. The molecule has 0 aliphatic heterocycles. The summed E-state index contributed by atoms with van der Waals surface area (Å²) in [5.41, 5.74) is 5.30. The minimum atomic E-state index is -0.263. The lowest BCUT2D eigenvalue weighted by molar-refractivity contribution is -0.114. The summed E-state index contributed by atoms with van der Waals surface area (Å²) in [7, 11) is 0. The highest BCUT2D eigenvalue weighted by Gasteiger charge is 2.14. The molecule has 0 aliphatic rings. The summed E-state index contributed by atoms with van der Waals surface area (Å²) in [5.74, 6) is 0.388. The Kier molecular flexibility index (Phi) is 5.06. The summed E-state index contributed by atoms with van der Waals surface area (Å²) >= 11 is 0. The van der Waals surface area contributed by atoms with E-state index in [-0.39, 0.29) is 11.8 Å². The number of rotatable bonds is 4. The number of benzene rings is 3. The van der Waals surface area contributed by atoms with Crippen LogP contribution in [-0.2, 0) is 4.79 Å². The highest BCUT2D eigenvalue weighted by molar-refractivity contribution is 6.08. The topological polar surface area (TPSA) is 76.0 Å². The van der Waals surface area contributed by atoms with Crippen LogP contribution < -0.4 is 10.6 Å². The van der Waals surface area contributed by atoms with Crippen LogP contribution in [0.25, 0.3) is 16.7 Å². The van der Waals surface area contributed by atoms with Gasteiger partial charge >= 0.3 is 0 Å². The SMILES string of the molecule is CC(=O)Nc1ccc(C)cc1NC(=O)c1ccc2c(c1)nc(C)n2-c1ccccc1. The quantitative estimate of drug-likeness (QED) is 0.516. The molecule has 0 unspecified atom stereocenters. The van der Waals surface area contributed by atoms with Gasteiger partial charge in [0, 0.05) is 18.2 Å². The van der Waals surface area contributed by atoms with Crippen LogP contribution in [0.1, 0.15) is 28.7 Å². The number of carbonyl (C=O) groups excluding carboxylic acids is 2. The summed E-state index contributed by atoms with van der Waals surface area (Å²) in [6.07, 6.45) is 0. The van der Waals surface area contributed by atoms with Gasteiger partial charge in [0.2, 0.25) is 5.91 Å². The fourth-order valence-electron chi connectivity index (χ4n) is 3.50. The van der Waals surface area contributed by atoms with Gasteiger partial charge in [-0.15, -0.1) is 0 Å². The molecule has 2 amide bonds. The number of carbonyl (C=O) groups is 2. The minimum absolute atomic E-state index is 0.197. The van der Waals surface area contributed by atoms with E-state index in [1.54, 1.807) is 18.2 Å². The number of nitrogens with one attached hydrogen (secondary N) is 2. The number of nitrogens with zero attached hydrogens (tertiary/aromatic N) is 2. The molecule has 0 aliphatic carbocycles. The van der Waals surface area contributed by atoms with Gasteiger partial charge in [-0.05, 0) is 61.9 Å². The van der Waals surface area contributed by atoms with Gasteiger partial charge in [-0.25, -0.2) is 4.98 Å². The normalized spacial score (nSPS) is 10.8. The third-order valence-electron chi connectivity index (χ3n) is 4.83. The van der Waals surface area contributed by atoms with E-state index in [2.05, 4.69) is 20.2 Å². The maximum atomic E-state index is 12.9. The molecule has 0 radical (unpaired) electrons. The summed E-state index contributed by atoms with van der Waals surface area (Å²) in [6.45, 7) is 5.31. The lowest BCUT2D eigenvalue weighted by Gasteiger charge is -2.12. The van der Waals surface area contributed by atoms with Crippen molar-refractivity contribution in [2.24, 2.45) is 0 Å². The Morgan fingerprint density at radius 2 is 1.63 bits per heavy atom. The van der Waals surface area contributed by atoms with Crippen molar-refractivity contribution in [3.63, 3.8) is 0 Å². The van der Waals surface area contributed by atoms with E-state index in [9.17, 15) is 9.59 Å². The third kappa shape index (κ3) is 3.80. The van der Waals surface area contributed by atoms with Crippen LogP contribution in [0, 0.1) is 13.8 Å². The second-order valence-electron chi connectivity index (χ2n) is 7.22. The molecule has 0 atom stereocenters. The van der Waals surface area contributed by atoms with Gasteiger partial charge in [0.25, 0.3) is 5.91 Å². The van der Waals surface area contributed by atoms with Crippen molar-refractivity contribution in [3.8, 4) is 5.69 Å². The van der Waals surface area contributed by atoms with Gasteiger partial charge in [0.15, 0.2) is 0 Å². The van der Waals surface area contributed by atoms with E-state index in [0.29, 0.717) is 16.9 Å². The largest absolute Gasteiger partial charge is 0.325 e. The monoisotopic (exact) mass is 398 g/mol. The number of amides is 2. The highest BCUT2D eigenvalue weighted by Crippen LogP contribution is 2.26. The molecular formula is C24H22N4O2. The molecule has 0 saturated heterocycles. The molecule has 4 aromatic rings. The first-order valence-electron chi connectivity index (χ1n) is 9.66. The molecule has 6 nitrogen and oxygen atoms in total. The predicted octanol–water partition coefficient (Wildman–Crippen LogP) is 4.85. The van der Waals surface area contributed by atoms with Gasteiger partial charge in [0.1, 0.15) is 5.82 Å².